The average Bonchev–Trinajstić information content (AvgIpc) is 2.70. The number of aryl methyl sites for hydroxylation is 1. The molecule has 0 spiro atoms. The fraction of sp³-hybridized carbons (Fsp3) is 0.182. The van der Waals surface area contributed by atoms with E-state index in [-0.39, 0.29) is 18.1 Å². The van der Waals surface area contributed by atoms with Crippen LogP contribution in [-0.2, 0) is 6.54 Å². The molecule has 2 amide bonds. The van der Waals surface area contributed by atoms with Crippen LogP contribution in [0.4, 0.5) is 10.5 Å². The number of hydrogen-bond acceptors (Lipinski definition) is 3. The summed E-state index contributed by atoms with van der Waals surface area (Å²) in [6, 6.07) is 19.5. The number of hydrogen-bond donors (Lipinski definition) is 3. The third kappa shape index (κ3) is 5.08. The molecule has 0 fully saturated rings. The monoisotopic (exact) mass is 377 g/mol. The Morgan fingerprint density at radius 3 is 2.46 bits per heavy atom. The van der Waals surface area contributed by atoms with Crippen molar-refractivity contribution >= 4 is 11.7 Å². The number of aliphatic hydroxyl groups excluding tert-OH is 1. The zero-order valence-electron chi connectivity index (χ0n) is 15.6. The maximum Gasteiger partial charge on any atom is 0.319 e. The number of amides is 2. The minimum Gasteiger partial charge on any atom is -0.387 e. The first-order valence-corrected chi connectivity index (χ1v) is 9.06. The normalized spacial score (nSPS) is 11.6. The van der Waals surface area contributed by atoms with Gasteiger partial charge in [-0.2, -0.15) is 0 Å². The van der Waals surface area contributed by atoms with Crippen LogP contribution in [0.2, 0.25) is 0 Å². The van der Waals surface area contributed by atoms with Gasteiger partial charge in [0.25, 0.3) is 5.56 Å². The van der Waals surface area contributed by atoms with E-state index in [0.717, 1.165) is 16.7 Å². The highest BCUT2D eigenvalue weighted by molar-refractivity contribution is 5.89. The molecule has 3 N–H and O–H groups in total. The lowest BCUT2D eigenvalue weighted by molar-refractivity contribution is 0.174. The van der Waals surface area contributed by atoms with Crippen molar-refractivity contribution in [3.8, 4) is 0 Å². The second-order valence-electron chi connectivity index (χ2n) is 6.57. The van der Waals surface area contributed by atoms with Gasteiger partial charge in [-0.3, -0.25) is 4.79 Å². The molecule has 6 nitrogen and oxygen atoms in total. The molecular weight excluding hydrogens is 354 g/mol. The quantitative estimate of drug-likeness (QED) is 0.617. The summed E-state index contributed by atoms with van der Waals surface area (Å²) in [5.41, 5.74) is 3.30. The number of aromatic nitrogens is 1. The smallest absolute Gasteiger partial charge is 0.319 e. The van der Waals surface area contributed by atoms with Crippen molar-refractivity contribution in [3.05, 3.63) is 100.0 Å². The number of benzene rings is 2. The predicted octanol–water partition coefficient (Wildman–Crippen LogP) is 3.06. The highest BCUT2D eigenvalue weighted by atomic mass is 16.3. The van der Waals surface area contributed by atoms with Gasteiger partial charge in [0.1, 0.15) is 0 Å². The molecule has 3 rings (SSSR count). The summed E-state index contributed by atoms with van der Waals surface area (Å²) in [6.07, 6.45) is 0.973. The molecule has 0 bridgehead atoms. The third-order valence-corrected chi connectivity index (χ3v) is 4.47. The van der Waals surface area contributed by atoms with Crippen molar-refractivity contribution in [2.24, 2.45) is 0 Å². The fourth-order valence-electron chi connectivity index (χ4n) is 2.92. The number of urea groups is 1. The molecule has 0 unspecified atom stereocenters. The fourth-order valence-corrected chi connectivity index (χ4v) is 2.92. The molecular formula is C22H23N3O3. The Labute approximate surface area is 163 Å². The lowest BCUT2D eigenvalue weighted by Gasteiger charge is -2.15. The first kappa shape index (κ1) is 19.4. The lowest BCUT2D eigenvalue weighted by atomic mass is 10.0. The van der Waals surface area contributed by atoms with Gasteiger partial charge in [0.05, 0.1) is 12.6 Å². The van der Waals surface area contributed by atoms with E-state index in [1.165, 1.54) is 6.07 Å². The van der Waals surface area contributed by atoms with Crippen LogP contribution in [0.5, 0.6) is 0 Å². The van der Waals surface area contributed by atoms with Crippen molar-refractivity contribution in [3.63, 3.8) is 0 Å². The summed E-state index contributed by atoms with van der Waals surface area (Å²) in [5.74, 6) is 0. The van der Waals surface area contributed by atoms with Crippen molar-refractivity contribution < 1.29 is 9.90 Å². The van der Waals surface area contributed by atoms with Gasteiger partial charge in [-0.25, -0.2) is 4.79 Å². The van der Waals surface area contributed by atoms with E-state index in [4.69, 9.17) is 0 Å². The Balaban J connectivity index is 1.52. The molecule has 0 aliphatic rings. The van der Waals surface area contributed by atoms with Crippen LogP contribution in [0.25, 0.3) is 0 Å². The van der Waals surface area contributed by atoms with Gasteiger partial charge >= 0.3 is 6.03 Å². The second-order valence-corrected chi connectivity index (χ2v) is 6.57. The van der Waals surface area contributed by atoms with E-state index in [1.807, 2.05) is 49.4 Å². The Bertz CT molecular complexity index is 996. The van der Waals surface area contributed by atoms with Gasteiger partial charge in [0.15, 0.2) is 0 Å². The standard InChI is InChI=1S/C22H23N3O3/c1-16-6-2-3-7-19(16)20(26)14-23-22(28)24-18-11-9-17(10-12-18)15-25-13-5-4-8-21(25)27/h2-13,20,26H,14-15H2,1H3,(H2,23,24,28)/t20-/m1/s1. The Hall–Kier alpha value is -3.38. The Morgan fingerprint density at radius 1 is 1.04 bits per heavy atom. The molecule has 0 radical (unpaired) electrons. The molecule has 1 heterocycles. The lowest BCUT2D eigenvalue weighted by Crippen LogP contribution is -2.32. The molecule has 0 aliphatic carbocycles. The van der Waals surface area contributed by atoms with Gasteiger partial charge in [-0.15, -0.1) is 0 Å². The summed E-state index contributed by atoms with van der Waals surface area (Å²) in [4.78, 5) is 23.8. The summed E-state index contributed by atoms with van der Waals surface area (Å²) >= 11 is 0. The highest BCUT2D eigenvalue weighted by Crippen LogP contribution is 2.16. The van der Waals surface area contributed by atoms with Gasteiger partial charge in [-0.1, -0.05) is 42.5 Å². The molecule has 3 aromatic rings. The van der Waals surface area contributed by atoms with Crippen molar-refractivity contribution in [1.82, 2.24) is 9.88 Å². The first-order chi connectivity index (χ1) is 13.5. The summed E-state index contributed by atoms with van der Waals surface area (Å²) < 4.78 is 1.61. The van der Waals surface area contributed by atoms with Crippen LogP contribution >= 0.6 is 0 Å². The molecule has 6 heteroatoms. The van der Waals surface area contributed by atoms with Crippen LogP contribution in [0, 0.1) is 6.92 Å². The minimum absolute atomic E-state index is 0.0590. The third-order valence-electron chi connectivity index (χ3n) is 4.47. The molecule has 0 saturated heterocycles. The number of carbonyl (C=O) groups is 1. The maximum absolute atomic E-state index is 12.1. The topological polar surface area (TPSA) is 83.4 Å². The average molecular weight is 377 g/mol. The zero-order valence-corrected chi connectivity index (χ0v) is 15.6. The van der Waals surface area contributed by atoms with E-state index in [9.17, 15) is 14.7 Å². The molecule has 0 saturated carbocycles. The van der Waals surface area contributed by atoms with E-state index >= 15 is 0 Å². The number of anilines is 1. The summed E-state index contributed by atoms with van der Waals surface area (Å²) in [5, 5.41) is 15.7. The molecule has 1 aromatic heterocycles. The number of pyridine rings is 1. The maximum atomic E-state index is 12.1. The van der Waals surface area contributed by atoms with Crippen molar-refractivity contribution in [2.75, 3.05) is 11.9 Å². The number of rotatable bonds is 6. The van der Waals surface area contributed by atoms with Crippen LogP contribution in [0.1, 0.15) is 22.8 Å². The molecule has 144 valence electrons. The van der Waals surface area contributed by atoms with Gasteiger partial charge in [-0.05, 0) is 41.8 Å². The van der Waals surface area contributed by atoms with Gasteiger partial charge in [0, 0.05) is 24.5 Å². The molecule has 2 aromatic carbocycles. The number of nitrogens with one attached hydrogen (secondary N) is 2. The largest absolute Gasteiger partial charge is 0.387 e. The summed E-state index contributed by atoms with van der Waals surface area (Å²) in [7, 11) is 0. The van der Waals surface area contributed by atoms with Crippen LogP contribution in [0.3, 0.4) is 0 Å². The summed E-state index contributed by atoms with van der Waals surface area (Å²) in [6.45, 7) is 2.50. The van der Waals surface area contributed by atoms with E-state index in [2.05, 4.69) is 10.6 Å². The van der Waals surface area contributed by atoms with Crippen LogP contribution in [0.15, 0.2) is 77.7 Å². The Morgan fingerprint density at radius 2 is 1.75 bits per heavy atom. The SMILES string of the molecule is Cc1ccccc1[C@H](O)CNC(=O)Nc1ccc(Cn2ccccc2=O)cc1. The van der Waals surface area contributed by atoms with Crippen molar-refractivity contribution in [1.29, 1.82) is 0 Å². The minimum atomic E-state index is -0.765. The van der Waals surface area contributed by atoms with E-state index in [0.29, 0.717) is 12.2 Å². The number of carbonyl (C=O) groups excluding carboxylic acids is 1. The van der Waals surface area contributed by atoms with Crippen molar-refractivity contribution in [2.45, 2.75) is 19.6 Å². The number of nitrogens with zero attached hydrogens (tertiary/aromatic N) is 1. The van der Waals surface area contributed by atoms with Gasteiger partial charge < -0.3 is 20.3 Å². The Kier molecular flexibility index (Phi) is 6.24. The predicted molar refractivity (Wildman–Crippen MR) is 109 cm³/mol. The van der Waals surface area contributed by atoms with E-state index < -0.39 is 6.10 Å². The van der Waals surface area contributed by atoms with Gasteiger partial charge in [0.2, 0.25) is 0 Å². The van der Waals surface area contributed by atoms with E-state index in [1.54, 1.807) is 29.0 Å². The van der Waals surface area contributed by atoms with Crippen LogP contribution in [-0.4, -0.2) is 22.2 Å². The zero-order chi connectivity index (χ0) is 19.9. The first-order valence-electron chi connectivity index (χ1n) is 9.06. The van der Waals surface area contributed by atoms with Crippen LogP contribution < -0.4 is 16.2 Å². The molecule has 28 heavy (non-hydrogen) atoms. The second kappa shape index (κ2) is 9.01. The highest BCUT2D eigenvalue weighted by Gasteiger charge is 2.11. The molecule has 0 aliphatic heterocycles. The molecule has 1 atom stereocenters. The number of aliphatic hydroxyl groups is 1.